The Hall–Kier alpha value is -3.59. The molecule has 7 nitrogen and oxygen atoms in total. The molecule has 0 unspecified atom stereocenters. The van der Waals surface area contributed by atoms with Crippen LogP contribution in [0.15, 0.2) is 48.0 Å². The molecule has 0 aliphatic heterocycles. The van der Waals surface area contributed by atoms with Gasteiger partial charge < -0.3 is 10.6 Å². The van der Waals surface area contributed by atoms with Crippen molar-refractivity contribution in [2.75, 3.05) is 10.6 Å². The summed E-state index contributed by atoms with van der Waals surface area (Å²) in [7, 11) is 0. The normalized spacial score (nSPS) is 10.9. The number of carbonyl (C=O) groups is 2. The third kappa shape index (κ3) is 3.79. The van der Waals surface area contributed by atoms with Crippen LogP contribution in [0.25, 0.3) is 21.6 Å². The van der Waals surface area contributed by atoms with E-state index in [0.717, 1.165) is 4.88 Å². The maximum Gasteiger partial charge on any atom is 0.256 e. The molecule has 0 radical (unpaired) electrons. The molecule has 30 heavy (non-hydrogen) atoms. The van der Waals surface area contributed by atoms with Gasteiger partial charge in [0.2, 0.25) is 5.91 Å². The van der Waals surface area contributed by atoms with Crippen LogP contribution < -0.4 is 10.6 Å². The summed E-state index contributed by atoms with van der Waals surface area (Å²) >= 11 is 1.53. The second-order valence-electron chi connectivity index (χ2n) is 6.56. The summed E-state index contributed by atoms with van der Waals surface area (Å²) < 4.78 is 15.6. The standard InChI is InChI=1S/C21H18FN5O2S/c1-3-27-20-15(11-23-27)14(10-18(26-20)19-5-4-8-30-19)21(29)25-13-6-7-16(22)17(9-13)24-12(2)28/h4-11H,3H2,1-2H3,(H,24,28)(H,25,29). The highest BCUT2D eigenvalue weighted by molar-refractivity contribution is 7.13. The quantitative estimate of drug-likeness (QED) is 0.494. The summed E-state index contributed by atoms with van der Waals surface area (Å²) in [5.74, 6) is -1.37. The fraction of sp³-hybridized carbons (Fsp3) is 0.143. The van der Waals surface area contributed by atoms with Gasteiger partial charge >= 0.3 is 0 Å². The average Bonchev–Trinajstić information content (AvgIpc) is 3.38. The number of hydrogen-bond acceptors (Lipinski definition) is 5. The summed E-state index contributed by atoms with van der Waals surface area (Å²) in [4.78, 5) is 30.0. The number of benzene rings is 1. The van der Waals surface area contributed by atoms with Gasteiger partial charge in [0.25, 0.3) is 5.91 Å². The second kappa shape index (κ2) is 8.03. The van der Waals surface area contributed by atoms with Crippen molar-refractivity contribution in [3.8, 4) is 10.6 Å². The van der Waals surface area contributed by atoms with Gasteiger partial charge in [0.1, 0.15) is 5.82 Å². The maximum atomic E-state index is 13.9. The van der Waals surface area contributed by atoms with E-state index in [4.69, 9.17) is 4.98 Å². The number of pyridine rings is 1. The van der Waals surface area contributed by atoms with Crippen molar-refractivity contribution in [3.63, 3.8) is 0 Å². The Morgan fingerprint density at radius 3 is 2.73 bits per heavy atom. The Balaban J connectivity index is 1.74. The monoisotopic (exact) mass is 423 g/mol. The van der Waals surface area contributed by atoms with E-state index >= 15 is 0 Å². The van der Waals surface area contributed by atoms with Crippen LogP contribution in [0.1, 0.15) is 24.2 Å². The molecule has 0 atom stereocenters. The highest BCUT2D eigenvalue weighted by Crippen LogP contribution is 2.29. The SMILES string of the molecule is CCn1ncc2c(C(=O)Nc3ccc(F)c(NC(C)=O)c3)cc(-c3cccs3)nc21. The van der Waals surface area contributed by atoms with Crippen molar-refractivity contribution in [3.05, 3.63) is 59.4 Å². The summed E-state index contributed by atoms with van der Waals surface area (Å²) in [5.41, 5.74) is 2.06. The van der Waals surface area contributed by atoms with Crippen LogP contribution in [0.3, 0.4) is 0 Å². The zero-order valence-corrected chi connectivity index (χ0v) is 17.1. The molecule has 0 saturated carbocycles. The minimum absolute atomic E-state index is 0.00162. The highest BCUT2D eigenvalue weighted by Gasteiger charge is 2.18. The van der Waals surface area contributed by atoms with Crippen molar-refractivity contribution >= 4 is 45.6 Å². The van der Waals surface area contributed by atoms with E-state index in [1.165, 1.54) is 36.5 Å². The number of rotatable bonds is 5. The van der Waals surface area contributed by atoms with E-state index < -0.39 is 11.7 Å². The number of amides is 2. The van der Waals surface area contributed by atoms with Crippen LogP contribution in [0, 0.1) is 5.82 Å². The molecule has 0 saturated heterocycles. The Labute approximate surface area is 175 Å². The Morgan fingerprint density at radius 2 is 2.03 bits per heavy atom. The van der Waals surface area contributed by atoms with Crippen LogP contribution in [0.2, 0.25) is 0 Å². The summed E-state index contributed by atoms with van der Waals surface area (Å²) in [6.45, 7) is 3.85. The molecule has 2 amide bonds. The Morgan fingerprint density at radius 1 is 1.20 bits per heavy atom. The van der Waals surface area contributed by atoms with Crippen LogP contribution in [-0.2, 0) is 11.3 Å². The van der Waals surface area contributed by atoms with Gasteiger partial charge in [-0.3, -0.25) is 9.59 Å². The van der Waals surface area contributed by atoms with Crippen molar-refractivity contribution < 1.29 is 14.0 Å². The zero-order valence-electron chi connectivity index (χ0n) is 16.3. The van der Waals surface area contributed by atoms with E-state index in [-0.39, 0.29) is 11.6 Å². The topological polar surface area (TPSA) is 88.9 Å². The molecule has 4 aromatic rings. The van der Waals surface area contributed by atoms with Gasteiger partial charge in [-0.2, -0.15) is 5.10 Å². The fourth-order valence-electron chi connectivity index (χ4n) is 3.10. The minimum atomic E-state index is -0.585. The Bertz CT molecular complexity index is 1250. The first-order chi connectivity index (χ1) is 14.5. The fourth-order valence-corrected chi connectivity index (χ4v) is 3.79. The molecule has 1 aromatic carbocycles. The van der Waals surface area contributed by atoms with Gasteiger partial charge in [0.05, 0.1) is 33.4 Å². The lowest BCUT2D eigenvalue weighted by molar-refractivity contribution is -0.114. The number of nitrogens with zero attached hydrogens (tertiary/aromatic N) is 3. The van der Waals surface area contributed by atoms with E-state index in [0.29, 0.717) is 34.5 Å². The lowest BCUT2D eigenvalue weighted by Gasteiger charge is -2.10. The zero-order chi connectivity index (χ0) is 21.3. The number of nitrogens with one attached hydrogen (secondary N) is 2. The summed E-state index contributed by atoms with van der Waals surface area (Å²) in [5, 5.41) is 12.1. The minimum Gasteiger partial charge on any atom is -0.324 e. The van der Waals surface area contributed by atoms with Crippen LogP contribution in [0.4, 0.5) is 15.8 Å². The van der Waals surface area contributed by atoms with E-state index in [2.05, 4.69) is 15.7 Å². The van der Waals surface area contributed by atoms with Crippen LogP contribution >= 0.6 is 11.3 Å². The van der Waals surface area contributed by atoms with E-state index in [9.17, 15) is 14.0 Å². The van der Waals surface area contributed by atoms with Crippen molar-refractivity contribution in [2.45, 2.75) is 20.4 Å². The maximum absolute atomic E-state index is 13.9. The number of anilines is 2. The smallest absolute Gasteiger partial charge is 0.256 e. The van der Waals surface area contributed by atoms with Gasteiger partial charge in [-0.1, -0.05) is 6.07 Å². The van der Waals surface area contributed by atoms with Gasteiger partial charge in [0, 0.05) is 19.2 Å². The first kappa shape index (κ1) is 19.7. The lowest BCUT2D eigenvalue weighted by atomic mass is 10.1. The first-order valence-corrected chi connectivity index (χ1v) is 10.1. The Kier molecular flexibility index (Phi) is 5.28. The number of aryl methyl sites for hydroxylation is 1. The number of aromatic nitrogens is 3. The molecule has 0 bridgehead atoms. The van der Waals surface area contributed by atoms with E-state index in [1.807, 2.05) is 24.4 Å². The summed E-state index contributed by atoms with van der Waals surface area (Å²) in [6, 6.07) is 9.59. The number of fused-ring (bicyclic) bond motifs is 1. The molecule has 152 valence electrons. The highest BCUT2D eigenvalue weighted by atomic mass is 32.1. The number of thiophene rings is 1. The molecular weight excluding hydrogens is 405 g/mol. The molecule has 0 spiro atoms. The van der Waals surface area contributed by atoms with Gasteiger partial charge in [-0.25, -0.2) is 14.1 Å². The van der Waals surface area contributed by atoms with E-state index in [1.54, 1.807) is 16.9 Å². The summed E-state index contributed by atoms with van der Waals surface area (Å²) in [6.07, 6.45) is 1.62. The van der Waals surface area contributed by atoms with Gasteiger partial charge in [-0.05, 0) is 42.6 Å². The third-order valence-corrected chi connectivity index (χ3v) is 5.35. The molecule has 0 aliphatic carbocycles. The molecule has 3 heterocycles. The molecule has 0 fully saturated rings. The van der Waals surface area contributed by atoms with Crippen molar-refractivity contribution in [2.24, 2.45) is 0 Å². The third-order valence-electron chi connectivity index (χ3n) is 4.46. The molecule has 3 aromatic heterocycles. The van der Waals surface area contributed by atoms with Gasteiger partial charge in [-0.15, -0.1) is 11.3 Å². The van der Waals surface area contributed by atoms with Crippen LogP contribution in [0.5, 0.6) is 0 Å². The number of hydrogen-bond donors (Lipinski definition) is 2. The van der Waals surface area contributed by atoms with Crippen molar-refractivity contribution in [1.82, 2.24) is 14.8 Å². The number of carbonyl (C=O) groups excluding carboxylic acids is 2. The van der Waals surface area contributed by atoms with Crippen molar-refractivity contribution in [1.29, 1.82) is 0 Å². The number of halogens is 1. The molecule has 0 aliphatic rings. The van der Waals surface area contributed by atoms with Gasteiger partial charge in [0.15, 0.2) is 5.65 Å². The largest absolute Gasteiger partial charge is 0.324 e. The lowest BCUT2D eigenvalue weighted by Crippen LogP contribution is -2.14. The first-order valence-electron chi connectivity index (χ1n) is 9.25. The molecular formula is C21H18FN5O2S. The van der Waals surface area contributed by atoms with Crippen LogP contribution in [-0.4, -0.2) is 26.6 Å². The average molecular weight is 423 g/mol. The predicted molar refractivity (Wildman–Crippen MR) is 115 cm³/mol. The molecule has 9 heteroatoms. The molecule has 2 N–H and O–H groups in total. The molecule has 4 rings (SSSR count). The predicted octanol–water partition coefficient (Wildman–Crippen LogP) is 4.53. The second-order valence-corrected chi connectivity index (χ2v) is 7.51.